The molecule has 0 heterocycles. The average molecular weight is 223 g/mol. The fourth-order valence-electron chi connectivity index (χ4n) is 1.46. The Bertz CT molecular complexity index is 373. The van der Waals surface area contributed by atoms with Crippen molar-refractivity contribution in [2.24, 2.45) is 0 Å². The highest BCUT2D eigenvalue weighted by Crippen LogP contribution is 2.19. The molecule has 0 bridgehead atoms. The van der Waals surface area contributed by atoms with E-state index in [1.807, 2.05) is 13.8 Å². The Morgan fingerprint density at radius 3 is 2.69 bits per heavy atom. The van der Waals surface area contributed by atoms with Gasteiger partial charge in [-0.1, -0.05) is 13.0 Å². The maximum absolute atomic E-state index is 11.0. The number of rotatable bonds is 5. The zero-order valence-electron chi connectivity index (χ0n) is 9.53. The summed E-state index contributed by atoms with van der Waals surface area (Å²) in [5, 5.41) is 21.1. The summed E-state index contributed by atoms with van der Waals surface area (Å²) >= 11 is 0. The summed E-state index contributed by atoms with van der Waals surface area (Å²) in [5.74, 6) is -0.963. The molecular formula is C12H17NO3. The van der Waals surface area contributed by atoms with Crippen LogP contribution < -0.4 is 5.32 Å². The lowest BCUT2D eigenvalue weighted by Gasteiger charge is -2.17. The Balaban J connectivity index is 3.00. The van der Waals surface area contributed by atoms with E-state index >= 15 is 0 Å². The minimum atomic E-state index is -0.963. The zero-order valence-corrected chi connectivity index (χ0v) is 9.53. The molecule has 0 aliphatic heterocycles. The maximum Gasteiger partial charge on any atom is 0.337 e. The molecule has 4 heteroatoms. The van der Waals surface area contributed by atoms with E-state index in [4.69, 9.17) is 10.2 Å². The normalized spacial score (nSPS) is 12.2. The minimum absolute atomic E-state index is 0.0104. The van der Waals surface area contributed by atoms with E-state index in [9.17, 15) is 4.79 Å². The molecule has 0 amide bonds. The van der Waals surface area contributed by atoms with Crippen molar-refractivity contribution >= 4 is 11.7 Å². The summed E-state index contributed by atoms with van der Waals surface area (Å²) in [4.78, 5) is 11.0. The van der Waals surface area contributed by atoms with Gasteiger partial charge in [0.1, 0.15) is 0 Å². The van der Waals surface area contributed by atoms with Crippen molar-refractivity contribution in [3.63, 3.8) is 0 Å². The first kappa shape index (κ1) is 12.5. The molecule has 0 saturated carbocycles. The molecule has 16 heavy (non-hydrogen) atoms. The van der Waals surface area contributed by atoms with Gasteiger partial charge in [0.2, 0.25) is 0 Å². The molecule has 88 valence electrons. The Morgan fingerprint density at radius 1 is 1.50 bits per heavy atom. The SMILES string of the molecule is CCC(CO)Nc1cc(C)ccc1C(=O)O. The van der Waals surface area contributed by atoms with Crippen LogP contribution in [-0.4, -0.2) is 28.8 Å². The molecule has 1 aromatic carbocycles. The largest absolute Gasteiger partial charge is 0.478 e. The molecule has 0 saturated heterocycles. The van der Waals surface area contributed by atoms with Gasteiger partial charge >= 0.3 is 5.97 Å². The Labute approximate surface area is 94.9 Å². The van der Waals surface area contributed by atoms with Crippen molar-refractivity contribution in [1.82, 2.24) is 0 Å². The molecule has 0 fully saturated rings. The number of aryl methyl sites for hydroxylation is 1. The Kier molecular flexibility index (Phi) is 4.31. The average Bonchev–Trinajstić information content (AvgIpc) is 2.25. The summed E-state index contributed by atoms with van der Waals surface area (Å²) in [6.07, 6.45) is 0.740. The smallest absolute Gasteiger partial charge is 0.337 e. The third-order valence-electron chi connectivity index (χ3n) is 2.48. The van der Waals surface area contributed by atoms with E-state index in [0.29, 0.717) is 5.69 Å². The van der Waals surface area contributed by atoms with Crippen molar-refractivity contribution < 1.29 is 15.0 Å². The third-order valence-corrected chi connectivity index (χ3v) is 2.48. The van der Waals surface area contributed by atoms with Crippen LogP contribution in [0, 0.1) is 6.92 Å². The molecule has 1 aromatic rings. The summed E-state index contributed by atoms with van der Waals surface area (Å²) in [7, 11) is 0. The molecule has 3 N–H and O–H groups in total. The van der Waals surface area contributed by atoms with E-state index in [1.54, 1.807) is 18.2 Å². The van der Waals surface area contributed by atoms with E-state index < -0.39 is 5.97 Å². The number of hydrogen-bond donors (Lipinski definition) is 3. The number of hydrogen-bond acceptors (Lipinski definition) is 3. The van der Waals surface area contributed by atoms with Crippen molar-refractivity contribution in [3.05, 3.63) is 29.3 Å². The topological polar surface area (TPSA) is 69.6 Å². The monoisotopic (exact) mass is 223 g/mol. The number of aliphatic hydroxyl groups is 1. The number of carboxylic acid groups (broad SMARTS) is 1. The fraction of sp³-hybridized carbons (Fsp3) is 0.417. The van der Waals surface area contributed by atoms with Crippen LogP contribution in [0.3, 0.4) is 0 Å². The van der Waals surface area contributed by atoms with E-state index in [1.165, 1.54) is 0 Å². The van der Waals surface area contributed by atoms with Gasteiger partial charge in [0, 0.05) is 11.7 Å². The van der Waals surface area contributed by atoms with E-state index in [-0.39, 0.29) is 18.2 Å². The van der Waals surface area contributed by atoms with Crippen molar-refractivity contribution in [2.45, 2.75) is 26.3 Å². The molecule has 0 aromatic heterocycles. The van der Waals surface area contributed by atoms with Crippen LogP contribution >= 0.6 is 0 Å². The molecule has 0 aliphatic rings. The second kappa shape index (κ2) is 5.51. The third kappa shape index (κ3) is 2.97. The lowest BCUT2D eigenvalue weighted by molar-refractivity contribution is 0.0698. The second-order valence-corrected chi connectivity index (χ2v) is 3.79. The van der Waals surface area contributed by atoms with Gasteiger partial charge in [-0.15, -0.1) is 0 Å². The van der Waals surface area contributed by atoms with E-state index in [2.05, 4.69) is 5.32 Å². The molecule has 1 rings (SSSR count). The quantitative estimate of drug-likeness (QED) is 0.712. The van der Waals surface area contributed by atoms with Crippen molar-refractivity contribution in [2.75, 3.05) is 11.9 Å². The summed E-state index contributed by atoms with van der Waals surface area (Å²) in [6, 6.07) is 5.00. The predicted molar refractivity (Wildman–Crippen MR) is 62.9 cm³/mol. The lowest BCUT2D eigenvalue weighted by atomic mass is 10.1. The van der Waals surface area contributed by atoms with Crippen LogP contribution in [0.5, 0.6) is 0 Å². The summed E-state index contributed by atoms with van der Waals surface area (Å²) in [5.41, 5.74) is 1.78. The van der Waals surface area contributed by atoms with Gasteiger partial charge in [-0.2, -0.15) is 0 Å². The van der Waals surface area contributed by atoms with Crippen LogP contribution in [0.1, 0.15) is 29.3 Å². The Morgan fingerprint density at radius 2 is 2.19 bits per heavy atom. The van der Waals surface area contributed by atoms with Crippen LogP contribution in [0.25, 0.3) is 0 Å². The van der Waals surface area contributed by atoms with Gasteiger partial charge in [-0.3, -0.25) is 0 Å². The molecule has 0 aliphatic carbocycles. The molecule has 1 atom stereocenters. The number of carbonyl (C=O) groups is 1. The van der Waals surface area contributed by atoms with Crippen molar-refractivity contribution in [3.8, 4) is 0 Å². The molecular weight excluding hydrogens is 206 g/mol. The second-order valence-electron chi connectivity index (χ2n) is 3.79. The summed E-state index contributed by atoms with van der Waals surface area (Å²) in [6.45, 7) is 3.82. The molecule has 0 radical (unpaired) electrons. The van der Waals surface area contributed by atoms with Gasteiger partial charge in [0.05, 0.1) is 12.2 Å². The van der Waals surface area contributed by atoms with Gasteiger partial charge in [-0.05, 0) is 31.0 Å². The standard InChI is InChI=1S/C12H17NO3/c1-3-9(7-14)13-11-6-8(2)4-5-10(11)12(15)16/h4-6,9,13-14H,3,7H2,1-2H3,(H,15,16). The van der Waals surface area contributed by atoms with Crippen LogP contribution in [0.2, 0.25) is 0 Å². The highest BCUT2D eigenvalue weighted by molar-refractivity contribution is 5.94. The molecule has 0 spiro atoms. The first-order valence-corrected chi connectivity index (χ1v) is 5.29. The van der Waals surface area contributed by atoms with Crippen LogP contribution in [0.15, 0.2) is 18.2 Å². The predicted octanol–water partition coefficient (Wildman–Crippen LogP) is 1.88. The number of aromatic carboxylic acids is 1. The van der Waals surface area contributed by atoms with Gasteiger partial charge in [0.15, 0.2) is 0 Å². The van der Waals surface area contributed by atoms with Gasteiger partial charge < -0.3 is 15.5 Å². The van der Waals surface area contributed by atoms with Crippen LogP contribution in [-0.2, 0) is 0 Å². The fourth-order valence-corrected chi connectivity index (χ4v) is 1.46. The number of aliphatic hydroxyl groups excluding tert-OH is 1. The van der Waals surface area contributed by atoms with Gasteiger partial charge in [0.25, 0.3) is 0 Å². The van der Waals surface area contributed by atoms with Crippen LogP contribution in [0.4, 0.5) is 5.69 Å². The Hall–Kier alpha value is -1.55. The number of carboxylic acids is 1. The number of nitrogens with one attached hydrogen (secondary N) is 1. The highest BCUT2D eigenvalue weighted by atomic mass is 16.4. The first-order valence-electron chi connectivity index (χ1n) is 5.29. The van der Waals surface area contributed by atoms with Crippen molar-refractivity contribution in [1.29, 1.82) is 0 Å². The maximum atomic E-state index is 11.0. The summed E-state index contributed by atoms with van der Waals surface area (Å²) < 4.78 is 0. The number of anilines is 1. The zero-order chi connectivity index (χ0) is 12.1. The minimum Gasteiger partial charge on any atom is -0.478 e. The lowest BCUT2D eigenvalue weighted by Crippen LogP contribution is -2.23. The molecule has 4 nitrogen and oxygen atoms in total. The molecule has 1 unspecified atom stereocenters. The number of benzene rings is 1. The van der Waals surface area contributed by atoms with E-state index in [0.717, 1.165) is 12.0 Å². The van der Waals surface area contributed by atoms with Gasteiger partial charge in [-0.25, -0.2) is 4.79 Å². The first-order chi connectivity index (χ1) is 7.58. The highest BCUT2D eigenvalue weighted by Gasteiger charge is 2.12.